The Balaban J connectivity index is 0.741. The normalized spacial score (nSPS) is 25.2. The minimum absolute atomic E-state index is 0.0735. The fraction of sp³-hybridized carbons (Fsp3) is 0.442. The van der Waals surface area contributed by atoms with Gasteiger partial charge in [0.1, 0.15) is 6.04 Å². The second kappa shape index (κ2) is 14.8. The van der Waals surface area contributed by atoms with Crippen molar-refractivity contribution >= 4 is 63.9 Å². The molecular formula is C43H45ClN8O5. The molecule has 5 fully saturated rings. The predicted octanol–water partition coefficient (Wildman–Crippen LogP) is 4.68. The van der Waals surface area contributed by atoms with Crippen LogP contribution in [0, 0.1) is 17.9 Å². The van der Waals surface area contributed by atoms with Gasteiger partial charge in [-0.3, -0.25) is 39.1 Å². The quantitative estimate of drug-likeness (QED) is 0.269. The summed E-state index contributed by atoms with van der Waals surface area (Å²) in [6, 6.07) is 18.1. The van der Waals surface area contributed by atoms with Crippen molar-refractivity contribution in [2.75, 3.05) is 86.7 Å². The maximum Gasteiger partial charge on any atom is 0.262 e. The first-order valence-corrected chi connectivity index (χ1v) is 20.3. The molecule has 6 aliphatic rings. The first-order chi connectivity index (χ1) is 27.6. The molecule has 5 amide bonds. The maximum absolute atomic E-state index is 13.6. The zero-order valence-corrected chi connectivity index (χ0v) is 32.5. The van der Waals surface area contributed by atoms with Crippen molar-refractivity contribution in [3.8, 4) is 0 Å². The molecule has 6 aliphatic heterocycles. The fourth-order valence-corrected chi connectivity index (χ4v) is 10.0. The number of fused-ring (bicyclic) bond motifs is 1. The number of benzene rings is 3. The summed E-state index contributed by atoms with van der Waals surface area (Å²) in [5, 5.41) is 2.73. The van der Waals surface area contributed by atoms with Gasteiger partial charge in [0, 0.05) is 111 Å². The van der Waals surface area contributed by atoms with Crippen LogP contribution in [0.4, 0.5) is 22.7 Å². The molecule has 0 bridgehead atoms. The van der Waals surface area contributed by atoms with Crippen LogP contribution >= 0.6 is 11.6 Å². The lowest BCUT2D eigenvalue weighted by Crippen LogP contribution is -2.54. The van der Waals surface area contributed by atoms with Gasteiger partial charge in [-0.25, -0.2) is 4.85 Å². The monoisotopic (exact) mass is 788 g/mol. The van der Waals surface area contributed by atoms with Crippen LogP contribution in [0.5, 0.6) is 0 Å². The number of amides is 5. The summed E-state index contributed by atoms with van der Waals surface area (Å²) >= 11 is 6.33. The molecule has 9 rings (SSSR count). The van der Waals surface area contributed by atoms with Gasteiger partial charge in [-0.05, 0) is 86.2 Å². The summed E-state index contributed by atoms with van der Waals surface area (Å²) in [6.07, 6.45) is 3.27. The molecule has 5 saturated heterocycles. The smallest absolute Gasteiger partial charge is 0.262 e. The number of carbonyl (C=O) groups excluding carboxylic acids is 5. The van der Waals surface area contributed by atoms with Gasteiger partial charge in [0.05, 0.1) is 17.7 Å². The Kier molecular flexibility index (Phi) is 9.65. The van der Waals surface area contributed by atoms with E-state index in [4.69, 9.17) is 18.2 Å². The Hall–Kier alpha value is -5.45. The average Bonchev–Trinajstić information content (AvgIpc) is 4.02. The number of piperidine rings is 1. The molecule has 3 atom stereocenters. The van der Waals surface area contributed by atoms with Crippen molar-refractivity contribution in [1.82, 2.24) is 20.0 Å². The minimum Gasteiger partial charge on any atom is -0.371 e. The minimum atomic E-state index is -0.971. The van der Waals surface area contributed by atoms with Gasteiger partial charge in [-0.2, -0.15) is 0 Å². The average molecular weight is 789 g/mol. The summed E-state index contributed by atoms with van der Waals surface area (Å²) in [5.74, 6) is -1.40. The molecule has 6 heterocycles. The summed E-state index contributed by atoms with van der Waals surface area (Å²) in [7, 11) is 0. The van der Waals surface area contributed by atoms with Gasteiger partial charge in [0.2, 0.25) is 17.5 Å². The van der Waals surface area contributed by atoms with Gasteiger partial charge in [-0.15, -0.1) is 0 Å². The largest absolute Gasteiger partial charge is 0.371 e. The van der Waals surface area contributed by atoms with E-state index in [0.29, 0.717) is 27.8 Å². The Morgan fingerprint density at radius 3 is 2.25 bits per heavy atom. The van der Waals surface area contributed by atoms with Crippen LogP contribution in [-0.4, -0.2) is 122 Å². The van der Waals surface area contributed by atoms with Crippen LogP contribution in [-0.2, 0) is 9.59 Å². The lowest BCUT2D eigenvalue weighted by Gasteiger charge is -2.37. The molecule has 0 saturated carbocycles. The van der Waals surface area contributed by atoms with E-state index in [1.807, 2.05) is 35.2 Å². The Bertz CT molecular complexity index is 2200. The van der Waals surface area contributed by atoms with E-state index in [9.17, 15) is 24.0 Å². The molecule has 1 N–H and O–H groups in total. The highest BCUT2D eigenvalue weighted by Crippen LogP contribution is 2.43. The fourth-order valence-electron chi connectivity index (χ4n) is 9.80. The number of imide groups is 2. The first kappa shape index (κ1) is 37.1. The Morgan fingerprint density at radius 2 is 1.49 bits per heavy atom. The molecule has 14 heteroatoms. The van der Waals surface area contributed by atoms with Crippen molar-refractivity contribution < 1.29 is 24.0 Å². The summed E-state index contributed by atoms with van der Waals surface area (Å²) in [6.45, 7) is 17.0. The summed E-state index contributed by atoms with van der Waals surface area (Å²) in [4.78, 5) is 80.2. The topological polar surface area (TPSA) is 121 Å². The number of anilines is 3. The van der Waals surface area contributed by atoms with Crippen LogP contribution < -0.4 is 20.0 Å². The van der Waals surface area contributed by atoms with Crippen LogP contribution in [0.3, 0.4) is 0 Å². The third-order valence-corrected chi connectivity index (χ3v) is 13.3. The zero-order chi connectivity index (χ0) is 39.4. The van der Waals surface area contributed by atoms with Crippen LogP contribution in [0.1, 0.15) is 63.2 Å². The van der Waals surface area contributed by atoms with E-state index in [0.717, 1.165) is 119 Å². The molecule has 0 radical (unpaired) electrons. The van der Waals surface area contributed by atoms with Crippen molar-refractivity contribution in [3.05, 3.63) is 93.8 Å². The van der Waals surface area contributed by atoms with E-state index in [2.05, 4.69) is 41.9 Å². The maximum atomic E-state index is 13.6. The van der Waals surface area contributed by atoms with E-state index in [-0.39, 0.29) is 30.1 Å². The second-order valence-electron chi connectivity index (χ2n) is 16.5. The number of piperazine rings is 1. The first-order valence-electron chi connectivity index (χ1n) is 20.0. The number of likely N-dealkylation sites (tertiary alicyclic amines) is 1. The number of nitrogens with zero attached hydrogens (tertiary/aromatic N) is 7. The third-order valence-electron chi connectivity index (χ3n) is 13.0. The van der Waals surface area contributed by atoms with E-state index in [1.54, 1.807) is 18.2 Å². The number of carbonyl (C=O) groups is 5. The molecular weight excluding hydrogens is 744 g/mol. The van der Waals surface area contributed by atoms with E-state index < -0.39 is 23.8 Å². The third kappa shape index (κ3) is 6.99. The molecule has 57 heavy (non-hydrogen) atoms. The molecule has 3 aromatic carbocycles. The lowest BCUT2D eigenvalue weighted by atomic mass is 9.86. The van der Waals surface area contributed by atoms with Crippen LogP contribution in [0.2, 0.25) is 5.02 Å². The van der Waals surface area contributed by atoms with E-state index >= 15 is 0 Å². The lowest BCUT2D eigenvalue weighted by molar-refractivity contribution is -0.136. The van der Waals surface area contributed by atoms with Gasteiger partial charge >= 0.3 is 0 Å². The molecule has 1 spiro atoms. The van der Waals surface area contributed by atoms with Gasteiger partial charge in [0.15, 0.2) is 0 Å². The SMILES string of the molecule is [C-]#[N+]c1ccc(N2CCC3(CCN(C(=O)c4ccc(N5CCN(C[C@@H]6CCN(c7ccc8c(c7)C(=O)N(C7CCC(=O)NC7=O)C8=O)C6)CC5)cc4)C3)C2)cc1Cl. The molecule has 294 valence electrons. The van der Waals surface area contributed by atoms with Crippen LogP contribution in [0.25, 0.3) is 4.85 Å². The van der Waals surface area contributed by atoms with E-state index in [1.165, 1.54) is 0 Å². The molecule has 2 unspecified atom stereocenters. The standard InChI is InChI=1S/C43H45ClN8O5/c1-45-36-9-7-32(23-35(36)44)50-16-13-43(26-50)14-17-51(27-43)40(55)29-2-4-30(5-3-29)48-20-18-47(19-21-48)24-28-12-15-49(25-28)31-6-8-33-34(22-31)42(57)52(41(33)56)37-10-11-38(53)46-39(37)54/h2-9,22-23,28,37H,10-21,24-27H2,(H,46,53,54)/t28-,37?,43?/m0/s1. The molecule has 0 aliphatic carbocycles. The predicted molar refractivity (Wildman–Crippen MR) is 216 cm³/mol. The van der Waals surface area contributed by atoms with Gasteiger partial charge in [-0.1, -0.05) is 17.7 Å². The number of hydrogen-bond acceptors (Lipinski definition) is 9. The molecule has 3 aromatic rings. The molecule has 13 nitrogen and oxygen atoms in total. The van der Waals surface area contributed by atoms with Crippen molar-refractivity contribution in [2.45, 2.75) is 38.1 Å². The Morgan fingerprint density at radius 1 is 0.772 bits per heavy atom. The van der Waals surface area contributed by atoms with Crippen LogP contribution in [0.15, 0.2) is 60.7 Å². The second-order valence-corrected chi connectivity index (χ2v) is 16.9. The molecule has 0 aromatic heterocycles. The van der Waals surface area contributed by atoms with Crippen molar-refractivity contribution in [3.63, 3.8) is 0 Å². The van der Waals surface area contributed by atoms with Gasteiger partial charge < -0.3 is 19.6 Å². The van der Waals surface area contributed by atoms with Crippen molar-refractivity contribution in [1.29, 1.82) is 0 Å². The van der Waals surface area contributed by atoms with Crippen molar-refractivity contribution in [2.24, 2.45) is 11.3 Å². The van der Waals surface area contributed by atoms with Gasteiger partial charge in [0.25, 0.3) is 17.7 Å². The number of halogens is 1. The number of hydrogen-bond donors (Lipinski definition) is 1. The highest BCUT2D eigenvalue weighted by Gasteiger charge is 2.46. The zero-order valence-electron chi connectivity index (χ0n) is 31.8. The Labute approximate surface area is 336 Å². The number of rotatable bonds is 7. The summed E-state index contributed by atoms with van der Waals surface area (Å²) in [5.41, 5.74) is 4.94. The summed E-state index contributed by atoms with van der Waals surface area (Å²) < 4.78 is 0. The highest BCUT2D eigenvalue weighted by atomic mass is 35.5. The number of nitrogens with one attached hydrogen (secondary N) is 1. The highest BCUT2D eigenvalue weighted by molar-refractivity contribution is 6.33.